The van der Waals surface area contributed by atoms with E-state index in [4.69, 9.17) is 10.5 Å². The van der Waals surface area contributed by atoms with Gasteiger partial charge >= 0.3 is 0 Å². The lowest BCUT2D eigenvalue weighted by molar-refractivity contribution is 0.278. The van der Waals surface area contributed by atoms with Crippen LogP contribution in [0.1, 0.15) is 37.6 Å². The van der Waals surface area contributed by atoms with E-state index in [1.807, 2.05) is 12.1 Å². The van der Waals surface area contributed by atoms with Crippen molar-refractivity contribution >= 4 is 0 Å². The van der Waals surface area contributed by atoms with Gasteiger partial charge in [-0.1, -0.05) is 19.9 Å². The van der Waals surface area contributed by atoms with Crippen molar-refractivity contribution in [3.05, 3.63) is 47.8 Å². The molecule has 3 heteroatoms. The van der Waals surface area contributed by atoms with Gasteiger partial charge in [0.05, 0.1) is 7.11 Å². The Morgan fingerprint density at radius 3 is 2.85 bits per heavy atom. The number of ether oxygens (including phenoxy) is 1. The quantitative estimate of drug-likeness (QED) is 0.908. The second-order valence-corrected chi connectivity index (χ2v) is 6.44. The molecule has 0 aliphatic heterocycles. The number of nitrogens with two attached hydrogens (primary N) is 1. The summed E-state index contributed by atoms with van der Waals surface area (Å²) in [5.41, 5.74) is 10.3. The normalized spacial score (nSPS) is 20.5. The van der Waals surface area contributed by atoms with Crippen molar-refractivity contribution in [3.63, 3.8) is 0 Å². The Morgan fingerprint density at radius 2 is 2.10 bits per heavy atom. The van der Waals surface area contributed by atoms with Crippen molar-refractivity contribution in [1.82, 2.24) is 4.57 Å². The van der Waals surface area contributed by atoms with E-state index in [1.165, 1.54) is 11.3 Å². The van der Waals surface area contributed by atoms with Crippen LogP contribution in [0.4, 0.5) is 0 Å². The van der Waals surface area contributed by atoms with Gasteiger partial charge in [0, 0.05) is 29.7 Å². The second-order valence-electron chi connectivity index (χ2n) is 6.44. The second kappa shape index (κ2) is 4.67. The van der Waals surface area contributed by atoms with Crippen LogP contribution in [0.25, 0.3) is 5.69 Å². The molecule has 3 rings (SSSR count). The van der Waals surface area contributed by atoms with Crippen LogP contribution in [-0.2, 0) is 6.42 Å². The van der Waals surface area contributed by atoms with Crippen LogP contribution in [0.15, 0.2) is 36.5 Å². The first-order valence-electron chi connectivity index (χ1n) is 7.10. The van der Waals surface area contributed by atoms with Crippen molar-refractivity contribution in [2.24, 2.45) is 11.1 Å². The topological polar surface area (TPSA) is 40.2 Å². The molecule has 1 aromatic heterocycles. The first-order valence-corrected chi connectivity index (χ1v) is 7.10. The molecule has 0 radical (unpaired) electrons. The van der Waals surface area contributed by atoms with Gasteiger partial charge in [-0.25, -0.2) is 0 Å². The van der Waals surface area contributed by atoms with Crippen molar-refractivity contribution in [1.29, 1.82) is 0 Å². The SMILES string of the molecule is COc1cccc(-n2ccc3c2CC(C)(C)CC3N)c1. The molecule has 2 aromatic rings. The van der Waals surface area contributed by atoms with E-state index in [9.17, 15) is 0 Å². The molecule has 2 N–H and O–H groups in total. The largest absolute Gasteiger partial charge is 0.497 e. The summed E-state index contributed by atoms with van der Waals surface area (Å²) >= 11 is 0. The Hall–Kier alpha value is -1.74. The molecule has 1 aliphatic rings. The number of hydrogen-bond acceptors (Lipinski definition) is 2. The lowest BCUT2D eigenvalue weighted by Crippen LogP contribution is -2.30. The zero-order valence-corrected chi connectivity index (χ0v) is 12.4. The van der Waals surface area contributed by atoms with Gasteiger partial charge in [0.1, 0.15) is 5.75 Å². The zero-order chi connectivity index (χ0) is 14.3. The third kappa shape index (κ3) is 2.22. The number of methoxy groups -OCH3 is 1. The summed E-state index contributed by atoms with van der Waals surface area (Å²) in [5, 5.41) is 0. The van der Waals surface area contributed by atoms with Crippen molar-refractivity contribution in [2.45, 2.75) is 32.7 Å². The number of fused-ring (bicyclic) bond motifs is 1. The Balaban J connectivity index is 2.08. The molecule has 3 nitrogen and oxygen atoms in total. The summed E-state index contributed by atoms with van der Waals surface area (Å²) in [6, 6.07) is 10.5. The van der Waals surface area contributed by atoms with Crippen LogP contribution in [0.2, 0.25) is 0 Å². The zero-order valence-electron chi connectivity index (χ0n) is 12.4. The van der Waals surface area contributed by atoms with Crippen molar-refractivity contribution < 1.29 is 4.74 Å². The Labute approximate surface area is 120 Å². The molecule has 1 atom stereocenters. The van der Waals surface area contributed by atoms with Gasteiger partial charge in [-0.05, 0) is 42.0 Å². The molecule has 0 amide bonds. The minimum absolute atomic E-state index is 0.139. The highest BCUT2D eigenvalue weighted by Gasteiger charge is 2.32. The van der Waals surface area contributed by atoms with Gasteiger partial charge in [-0.3, -0.25) is 0 Å². The summed E-state index contributed by atoms with van der Waals surface area (Å²) in [6.07, 6.45) is 4.23. The molecular weight excluding hydrogens is 248 g/mol. The van der Waals surface area contributed by atoms with Crippen LogP contribution in [-0.4, -0.2) is 11.7 Å². The summed E-state index contributed by atoms with van der Waals surface area (Å²) < 4.78 is 7.57. The molecule has 0 spiro atoms. The first kappa shape index (κ1) is 13.3. The van der Waals surface area contributed by atoms with Gasteiger partial charge in [-0.2, -0.15) is 0 Å². The Morgan fingerprint density at radius 1 is 1.30 bits per heavy atom. The maximum absolute atomic E-state index is 6.33. The minimum Gasteiger partial charge on any atom is -0.497 e. The lowest BCUT2D eigenvalue weighted by Gasteiger charge is -2.34. The van der Waals surface area contributed by atoms with E-state index < -0.39 is 0 Å². The van der Waals surface area contributed by atoms with Crippen LogP contribution < -0.4 is 10.5 Å². The third-order valence-electron chi connectivity index (χ3n) is 4.18. The van der Waals surface area contributed by atoms with Crippen molar-refractivity contribution in [2.75, 3.05) is 7.11 Å². The van der Waals surface area contributed by atoms with E-state index in [-0.39, 0.29) is 11.5 Å². The lowest BCUT2D eigenvalue weighted by atomic mass is 9.74. The minimum atomic E-state index is 0.139. The Bertz CT molecular complexity index is 628. The number of nitrogens with zero attached hydrogens (tertiary/aromatic N) is 1. The molecule has 1 aliphatic carbocycles. The summed E-state index contributed by atoms with van der Waals surface area (Å²) in [6.45, 7) is 4.58. The molecule has 1 unspecified atom stereocenters. The van der Waals surface area contributed by atoms with E-state index in [0.29, 0.717) is 0 Å². The fraction of sp³-hybridized carbons (Fsp3) is 0.412. The highest BCUT2D eigenvalue weighted by atomic mass is 16.5. The predicted molar refractivity (Wildman–Crippen MR) is 81.4 cm³/mol. The van der Waals surface area contributed by atoms with E-state index in [0.717, 1.165) is 24.3 Å². The van der Waals surface area contributed by atoms with E-state index in [1.54, 1.807) is 7.11 Å². The highest BCUT2D eigenvalue weighted by molar-refractivity contribution is 5.44. The maximum atomic E-state index is 6.33. The van der Waals surface area contributed by atoms with Gasteiger partial charge in [0.25, 0.3) is 0 Å². The fourth-order valence-corrected chi connectivity index (χ4v) is 3.24. The summed E-state index contributed by atoms with van der Waals surface area (Å²) in [7, 11) is 1.70. The van der Waals surface area contributed by atoms with Crippen LogP contribution in [0.3, 0.4) is 0 Å². The van der Waals surface area contributed by atoms with E-state index in [2.05, 4.69) is 42.8 Å². The molecule has 0 fully saturated rings. The monoisotopic (exact) mass is 270 g/mol. The molecule has 20 heavy (non-hydrogen) atoms. The number of hydrogen-bond donors (Lipinski definition) is 1. The molecule has 0 bridgehead atoms. The van der Waals surface area contributed by atoms with Crippen molar-refractivity contribution in [3.8, 4) is 11.4 Å². The molecule has 1 aromatic carbocycles. The van der Waals surface area contributed by atoms with Gasteiger partial charge in [-0.15, -0.1) is 0 Å². The maximum Gasteiger partial charge on any atom is 0.120 e. The van der Waals surface area contributed by atoms with Crippen LogP contribution in [0.5, 0.6) is 5.75 Å². The smallest absolute Gasteiger partial charge is 0.120 e. The first-order chi connectivity index (χ1) is 9.50. The van der Waals surface area contributed by atoms with Gasteiger partial charge < -0.3 is 15.0 Å². The predicted octanol–water partition coefficient (Wildman–Crippen LogP) is 3.46. The summed E-state index contributed by atoms with van der Waals surface area (Å²) in [5.74, 6) is 0.879. The molecule has 0 saturated carbocycles. The number of aromatic nitrogens is 1. The standard InChI is InChI=1S/C17H22N2O/c1-17(2)10-15(18)14-7-8-19(16(14)11-17)12-5-4-6-13(9-12)20-3/h4-9,15H,10-11,18H2,1-3H3. The third-order valence-corrected chi connectivity index (χ3v) is 4.18. The molecule has 1 heterocycles. The fourth-order valence-electron chi connectivity index (χ4n) is 3.24. The average Bonchev–Trinajstić information content (AvgIpc) is 2.81. The highest BCUT2D eigenvalue weighted by Crippen LogP contribution is 2.40. The number of benzene rings is 1. The number of rotatable bonds is 2. The molecule has 0 saturated heterocycles. The van der Waals surface area contributed by atoms with Crippen LogP contribution >= 0.6 is 0 Å². The average molecular weight is 270 g/mol. The summed E-state index contributed by atoms with van der Waals surface area (Å²) in [4.78, 5) is 0. The Kier molecular flexibility index (Phi) is 3.09. The van der Waals surface area contributed by atoms with Gasteiger partial charge in [0.15, 0.2) is 0 Å². The molecular formula is C17H22N2O. The van der Waals surface area contributed by atoms with E-state index >= 15 is 0 Å². The van der Waals surface area contributed by atoms with Gasteiger partial charge in [0.2, 0.25) is 0 Å². The van der Waals surface area contributed by atoms with Crippen LogP contribution in [0, 0.1) is 5.41 Å². The molecule has 106 valence electrons.